The number of hydrogen-bond donors (Lipinski definition) is 3. The third-order valence-electron chi connectivity index (χ3n) is 3.43. The zero-order valence-electron chi connectivity index (χ0n) is 19.4. The van der Waals surface area contributed by atoms with E-state index in [1.807, 2.05) is 0 Å². The van der Waals surface area contributed by atoms with Crippen molar-refractivity contribution in [3.63, 3.8) is 0 Å². The predicted octanol–water partition coefficient (Wildman–Crippen LogP) is 3.23. The van der Waals surface area contributed by atoms with Gasteiger partial charge in [0, 0.05) is 22.7 Å². The van der Waals surface area contributed by atoms with E-state index in [1.54, 1.807) is 62.3 Å². The van der Waals surface area contributed by atoms with Gasteiger partial charge in [-0.2, -0.15) is 0 Å². The van der Waals surface area contributed by atoms with Crippen LogP contribution in [0.15, 0.2) is 0 Å². The van der Waals surface area contributed by atoms with Crippen LogP contribution in [-0.4, -0.2) is 50.6 Å². The standard InChI is InChI=1S/C8H14O3.C7H12O3.C6H10O3/c1-8(2,3)6(9)4-5-7(10)11;1-7(2,3)5(8)4-6(9)10;1-6(2,3)4(7)5(8)9/h4-5H2,1-3H3,(H,10,11);4H2,1-3H3,(H,9,10);1-3H3,(H,8,9). The van der Waals surface area contributed by atoms with Crippen molar-refractivity contribution in [1.29, 1.82) is 0 Å². The molecule has 0 rings (SSSR count). The van der Waals surface area contributed by atoms with Gasteiger partial charge in [-0.1, -0.05) is 62.3 Å². The number of ketones is 3. The number of carbonyl (C=O) groups excluding carboxylic acids is 3. The van der Waals surface area contributed by atoms with Gasteiger partial charge in [-0.15, -0.1) is 0 Å². The lowest BCUT2D eigenvalue weighted by atomic mass is 9.88. The highest BCUT2D eigenvalue weighted by Crippen LogP contribution is 2.17. The second-order valence-electron chi connectivity index (χ2n) is 9.69. The SMILES string of the molecule is CC(C)(C)C(=O)C(=O)O.CC(C)(C)C(=O)CC(=O)O.CC(C)(C)C(=O)CCC(=O)O. The van der Waals surface area contributed by atoms with Crippen LogP contribution in [-0.2, 0) is 28.8 Å². The van der Waals surface area contributed by atoms with E-state index >= 15 is 0 Å². The number of hydrogen-bond acceptors (Lipinski definition) is 6. The molecule has 0 heterocycles. The summed E-state index contributed by atoms with van der Waals surface area (Å²) in [6.45, 7) is 15.2. The Morgan fingerprint density at radius 1 is 0.533 bits per heavy atom. The third-order valence-corrected chi connectivity index (χ3v) is 3.43. The second kappa shape index (κ2) is 12.9. The summed E-state index contributed by atoms with van der Waals surface area (Å²) < 4.78 is 0. The van der Waals surface area contributed by atoms with Crippen molar-refractivity contribution in [3.8, 4) is 0 Å². The molecule has 174 valence electrons. The van der Waals surface area contributed by atoms with Crippen molar-refractivity contribution < 1.29 is 44.1 Å². The number of carboxylic acid groups (broad SMARTS) is 3. The van der Waals surface area contributed by atoms with E-state index in [1.165, 1.54) is 0 Å². The van der Waals surface area contributed by atoms with Gasteiger partial charge in [-0.05, 0) is 0 Å². The topological polar surface area (TPSA) is 163 Å². The Hall–Kier alpha value is -2.58. The molecule has 0 aliphatic rings. The maximum Gasteiger partial charge on any atom is 0.372 e. The fourth-order valence-corrected chi connectivity index (χ4v) is 1.32. The molecule has 0 aromatic carbocycles. The summed E-state index contributed by atoms with van der Waals surface area (Å²) in [4.78, 5) is 62.7. The smallest absolute Gasteiger partial charge is 0.372 e. The van der Waals surface area contributed by atoms with Gasteiger partial charge in [0.1, 0.15) is 18.0 Å². The Morgan fingerprint density at radius 2 is 0.900 bits per heavy atom. The predicted molar refractivity (Wildman–Crippen MR) is 110 cm³/mol. The van der Waals surface area contributed by atoms with Gasteiger partial charge >= 0.3 is 17.9 Å². The average molecular weight is 433 g/mol. The Bertz CT molecular complexity index is 639. The van der Waals surface area contributed by atoms with E-state index in [-0.39, 0.29) is 30.8 Å². The molecule has 3 N–H and O–H groups in total. The monoisotopic (exact) mass is 432 g/mol. The number of rotatable bonds is 6. The van der Waals surface area contributed by atoms with Gasteiger partial charge in [0.25, 0.3) is 0 Å². The highest BCUT2D eigenvalue weighted by Gasteiger charge is 2.27. The van der Waals surface area contributed by atoms with Crippen molar-refractivity contribution in [2.24, 2.45) is 16.2 Å². The van der Waals surface area contributed by atoms with Gasteiger partial charge in [-0.25, -0.2) is 4.79 Å². The lowest BCUT2D eigenvalue weighted by molar-refractivity contribution is -0.152. The van der Waals surface area contributed by atoms with Crippen LogP contribution < -0.4 is 0 Å². The molecule has 0 aliphatic heterocycles. The van der Waals surface area contributed by atoms with E-state index in [9.17, 15) is 28.8 Å². The molecule has 0 bridgehead atoms. The molecule has 0 unspecified atom stereocenters. The van der Waals surface area contributed by atoms with E-state index < -0.39 is 39.9 Å². The molecule has 9 nitrogen and oxygen atoms in total. The van der Waals surface area contributed by atoms with Crippen molar-refractivity contribution in [2.75, 3.05) is 0 Å². The molecule has 0 spiro atoms. The van der Waals surface area contributed by atoms with Crippen LogP contribution >= 0.6 is 0 Å². The summed E-state index contributed by atoms with van der Waals surface area (Å²) in [6, 6.07) is 0. The van der Waals surface area contributed by atoms with Gasteiger partial charge in [0.15, 0.2) is 0 Å². The highest BCUT2D eigenvalue weighted by atomic mass is 16.4. The van der Waals surface area contributed by atoms with Gasteiger partial charge in [-0.3, -0.25) is 24.0 Å². The minimum Gasteiger partial charge on any atom is -0.481 e. The fraction of sp³-hybridized carbons (Fsp3) is 0.714. The first-order valence-corrected chi connectivity index (χ1v) is 9.31. The first kappa shape index (κ1) is 32.1. The van der Waals surface area contributed by atoms with Crippen LogP contribution in [0.3, 0.4) is 0 Å². The van der Waals surface area contributed by atoms with Crippen LogP contribution in [0.2, 0.25) is 0 Å². The summed E-state index contributed by atoms with van der Waals surface area (Å²) in [5.74, 6) is -4.31. The average Bonchev–Trinajstić information content (AvgIpc) is 2.49. The van der Waals surface area contributed by atoms with Crippen LogP contribution in [0, 0.1) is 16.2 Å². The minimum absolute atomic E-state index is 0.0000926. The Labute approximate surface area is 177 Å². The summed E-state index contributed by atoms with van der Waals surface area (Å²) in [7, 11) is 0. The number of aliphatic carboxylic acids is 3. The van der Waals surface area contributed by atoms with Crippen molar-refractivity contribution in [3.05, 3.63) is 0 Å². The maximum atomic E-state index is 11.1. The highest BCUT2D eigenvalue weighted by molar-refractivity contribution is 6.34. The molecule has 0 saturated heterocycles. The molecule has 0 amide bonds. The summed E-state index contributed by atoms with van der Waals surface area (Å²) in [5.41, 5.74) is -1.69. The first-order chi connectivity index (χ1) is 13.0. The zero-order valence-corrected chi connectivity index (χ0v) is 19.4. The van der Waals surface area contributed by atoms with E-state index in [4.69, 9.17) is 15.3 Å². The molecule has 0 fully saturated rings. The number of carbonyl (C=O) groups is 6. The van der Waals surface area contributed by atoms with Crippen LogP contribution in [0.4, 0.5) is 0 Å². The molecule has 0 aromatic heterocycles. The molecule has 0 saturated carbocycles. The number of carboxylic acids is 3. The molecular formula is C21H36O9. The molecule has 30 heavy (non-hydrogen) atoms. The van der Waals surface area contributed by atoms with Crippen LogP contribution in [0.1, 0.15) is 81.6 Å². The number of Topliss-reactive ketones (excluding diaryl/α,β-unsaturated/α-hetero) is 3. The lowest BCUT2D eigenvalue weighted by Gasteiger charge is -2.15. The third kappa shape index (κ3) is 18.8. The lowest BCUT2D eigenvalue weighted by Crippen LogP contribution is -2.27. The van der Waals surface area contributed by atoms with E-state index in [2.05, 4.69) is 0 Å². The van der Waals surface area contributed by atoms with Crippen molar-refractivity contribution >= 4 is 35.3 Å². The van der Waals surface area contributed by atoms with Crippen LogP contribution in [0.5, 0.6) is 0 Å². The minimum atomic E-state index is -1.36. The first-order valence-electron chi connectivity index (χ1n) is 9.31. The molecule has 0 atom stereocenters. The van der Waals surface area contributed by atoms with Crippen molar-refractivity contribution in [2.45, 2.75) is 81.6 Å². The van der Waals surface area contributed by atoms with E-state index in [0.29, 0.717) is 0 Å². The fourth-order valence-electron chi connectivity index (χ4n) is 1.32. The second-order valence-corrected chi connectivity index (χ2v) is 9.69. The Kier molecular flexibility index (Phi) is 13.8. The zero-order chi connectivity index (χ0) is 25.1. The molecule has 9 heteroatoms. The largest absolute Gasteiger partial charge is 0.481 e. The molecule has 0 aromatic rings. The summed E-state index contributed by atoms with van der Waals surface area (Å²) in [5, 5.41) is 24.7. The molecule has 0 aliphatic carbocycles. The Balaban J connectivity index is -0.000000366. The maximum absolute atomic E-state index is 11.1. The Morgan fingerprint density at radius 3 is 1.03 bits per heavy atom. The van der Waals surface area contributed by atoms with Gasteiger partial charge < -0.3 is 15.3 Å². The van der Waals surface area contributed by atoms with Crippen molar-refractivity contribution in [1.82, 2.24) is 0 Å². The quantitative estimate of drug-likeness (QED) is 0.422. The normalized spacial score (nSPS) is 11.1. The van der Waals surface area contributed by atoms with E-state index in [0.717, 1.165) is 0 Å². The summed E-state index contributed by atoms with van der Waals surface area (Å²) >= 11 is 0. The molecule has 0 radical (unpaired) electrons. The molecular weight excluding hydrogens is 396 g/mol. The van der Waals surface area contributed by atoms with Gasteiger partial charge in [0.2, 0.25) is 5.78 Å². The van der Waals surface area contributed by atoms with Crippen LogP contribution in [0.25, 0.3) is 0 Å². The summed E-state index contributed by atoms with van der Waals surface area (Å²) in [6.07, 6.45) is -0.293. The van der Waals surface area contributed by atoms with Gasteiger partial charge in [0.05, 0.1) is 6.42 Å².